The van der Waals surface area contributed by atoms with Gasteiger partial charge in [0.2, 0.25) is 0 Å². The Bertz CT molecular complexity index is 800. The highest BCUT2D eigenvalue weighted by molar-refractivity contribution is 7.09. The van der Waals surface area contributed by atoms with Crippen LogP contribution in [0, 0.1) is 6.92 Å². The number of nitrogens with one attached hydrogen (secondary N) is 1. The van der Waals surface area contributed by atoms with Gasteiger partial charge in [-0.05, 0) is 53.9 Å². The molecular formula is C19H22N2O2S2. The molecule has 0 bridgehead atoms. The van der Waals surface area contributed by atoms with Gasteiger partial charge in [0.15, 0.2) is 0 Å². The Kier molecular flexibility index (Phi) is 6.07. The third-order valence-electron chi connectivity index (χ3n) is 3.98. The van der Waals surface area contributed by atoms with Gasteiger partial charge in [-0.2, -0.15) is 11.3 Å². The van der Waals surface area contributed by atoms with Gasteiger partial charge >= 0.3 is 0 Å². The van der Waals surface area contributed by atoms with Crippen molar-refractivity contribution >= 4 is 22.7 Å². The lowest BCUT2D eigenvalue weighted by atomic mass is 10.1. The van der Waals surface area contributed by atoms with Gasteiger partial charge in [-0.3, -0.25) is 0 Å². The molecule has 0 amide bonds. The summed E-state index contributed by atoms with van der Waals surface area (Å²) in [6.45, 7) is 2.72. The molecule has 0 unspecified atom stereocenters. The highest BCUT2D eigenvalue weighted by Gasteiger charge is 2.17. The molecular weight excluding hydrogens is 352 g/mol. The summed E-state index contributed by atoms with van der Waals surface area (Å²) >= 11 is 3.43. The Hall–Kier alpha value is -1.89. The smallest absolute Gasteiger partial charge is 0.123 e. The maximum absolute atomic E-state index is 5.49. The van der Waals surface area contributed by atoms with E-state index in [1.165, 1.54) is 5.56 Å². The van der Waals surface area contributed by atoms with Crippen molar-refractivity contribution in [3.63, 3.8) is 0 Å². The zero-order valence-corrected chi connectivity index (χ0v) is 16.2. The Labute approximate surface area is 156 Å². The van der Waals surface area contributed by atoms with E-state index in [2.05, 4.69) is 32.5 Å². The van der Waals surface area contributed by atoms with Crippen LogP contribution in [-0.2, 0) is 13.0 Å². The summed E-state index contributed by atoms with van der Waals surface area (Å²) in [5.74, 6) is 1.69. The lowest BCUT2D eigenvalue weighted by Crippen LogP contribution is -2.23. The van der Waals surface area contributed by atoms with E-state index in [4.69, 9.17) is 9.47 Å². The van der Waals surface area contributed by atoms with Gasteiger partial charge in [0.25, 0.3) is 0 Å². The van der Waals surface area contributed by atoms with Crippen molar-refractivity contribution in [3.05, 3.63) is 62.2 Å². The zero-order valence-electron chi connectivity index (χ0n) is 14.6. The molecule has 6 heteroatoms. The van der Waals surface area contributed by atoms with Crippen LogP contribution >= 0.6 is 22.7 Å². The second-order valence-corrected chi connectivity index (χ2v) is 7.44. The van der Waals surface area contributed by atoms with Gasteiger partial charge in [0, 0.05) is 23.2 Å². The van der Waals surface area contributed by atoms with E-state index in [1.54, 1.807) is 36.9 Å². The number of benzene rings is 1. The number of aromatic nitrogens is 1. The molecule has 132 valence electrons. The number of thiazole rings is 1. The van der Waals surface area contributed by atoms with Crippen LogP contribution in [0.25, 0.3) is 0 Å². The second-order valence-electron chi connectivity index (χ2n) is 5.77. The van der Waals surface area contributed by atoms with Crippen molar-refractivity contribution in [3.8, 4) is 11.5 Å². The van der Waals surface area contributed by atoms with Crippen LogP contribution in [0.15, 0.2) is 40.4 Å². The summed E-state index contributed by atoms with van der Waals surface area (Å²) in [5.41, 5.74) is 3.47. The second kappa shape index (κ2) is 8.47. The van der Waals surface area contributed by atoms with Crippen molar-refractivity contribution in [2.24, 2.45) is 0 Å². The first-order valence-corrected chi connectivity index (χ1v) is 9.89. The number of hydrogen-bond acceptors (Lipinski definition) is 6. The van der Waals surface area contributed by atoms with E-state index in [9.17, 15) is 0 Å². The van der Waals surface area contributed by atoms with E-state index in [0.29, 0.717) is 6.54 Å². The lowest BCUT2D eigenvalue weighted by molar-refractivity contribution is 0.395. The zero-order chi connectivity index (χ0) is 17.6. The predicted octanol–water partition coefficient (Wildman–Crippen LogP) is 4.60. The molecule has 2 aromatic heterocycles. The van der Waals surface area contributed by atoms with Crippen LogP contribution in [0.3, 0.4) is 0 Å². The molecule has 0 radical (unpaired) electrons. The van der Waals surface area contributed by atoms with E-state index in [1.807, 2.05) is 25.1 Å². The largest absolute Gasteiger partial charge is 0.497 e. The van der Waals surface area contributed by atoms with Gasteiger partial charge in [-0.15, -0.1) is 11.3 Å². The van der Waals surface area contributed by atoms with Crippen molar-refractivity contribution in [1.29, 1.82) is 0 Å². The molecule has 1 N–H and O–H groups in total. The first kappa shape index (κ1) is 17.9. The summed E-state index contributed by atoms with van der Waals surface area (Å²) in [6.07, 6.45) is 0.919. The minimum atomic E-state index is 0.171. The number of aryl methyl sites for hydroxylation is 1. The van der Waals surface area contributed by atoms with Gasteiger partial charge in [-0.25, -0.2) is 4.98 Å². The maximum Gasteiger partial charge on any atom is 0.123 e. The molecule has 2 heterocycles. The van der Waals surface area contributed by atoms with Gasteiger partial charge in [0.05, 0.1) is 20.3 Å². The third-order valence-corrected chi connectivity index (χ3v) is 5.79. The predicted molar refractivity (Wildman–Crippen MR) is 104 cm³/mol. The minimum absolute atomic E-state index is 0.171. The van der Waals surface area contributed by atoms with E-state index >= 15 is 0 Å². The molecule has 3 aromatic rings. The van der Waals surface area contributed by atoms with Crippen molar-refractivity contribution < 1.29 is 9.47 Å². The van der Waals surface area contributed by atoms with E-state index in [0.717, 1.165) is 34.2 Å². The highest BCUT2D eigenvalue weighted by Crippen LogP contribution is 2.27. The quantitative estimate of drug-likeness (QED) is 0.626. The molecule has 25 heavy (non-hydrogen) atoms. The van der Waals surface area contributed by atoms with Gasteiger partial charge in [-0.1, -0.05) is 0 Å². The summed E-state index contributed by atoms with van der Waals surface area (Å²) < 4.78 is 10.8. The lowest BCUT2D eigenvalue weighted by Gasteiger charge is -2.18. The molecule has 0 aliphatic heterocycles. The summed E-state index contributed by atoms with van der Waals surface area (Å²) in [5, 5.41) is 11.2. The molecule has 0 spiro atoms. The SMILES string of the molecule is COc1ccc(OC)c(CN[C@@H](Cc2ccsc2)c2nc(C)cs2)c1. The standard InChI is InChI=1S/C19H22N2O2S2/c1-13-11-25-19(21-13)17(8-14-6-7-24-12-14)20-10-15-9-16(22-2)4-5-18(15)23-3/h4-7,9,11-12,17,20H,8,10H2,1-3H3/t17-/m0/s1. The monoisotopic (exact) mass is 374 g/mol. The van der Waals surface area contributed by atoms with Crippen molar-refractivity contribution in [1.82, 2.24) is 10.3 Å². The van der Waals surface area contributed by atoms with Crippen LogP contribution in [0.2, 0.25) is 0 Å². The normalized spacial score (nSPS) is 12.1. The molecule has 1 atom stereocenters. The number of thiophene rings is 1. The Morgan fingerprint density at radius 1 is 1.16 bits per heavy atom. The Balaban J connectivity index is 1.78. The van der Waals surface area contributed by atoms with E-state index < -0.39 is 0 Å². The fraction of sp³-hybridized carbons (Fsp3) is 0.316. The highest BCUT2D eigenvalue weighted by atomic mass is 32.1. The number of hydrogen-bond donors (Lipinski definition) is 1. The summed E-state index contributed by atoms with van der Waals surface area (Å²) in [7, 11) is 3.37. The number of nitrogens with zero attached hydrogens (tertiary/aromatic N) is 1. The Morgan fingerprint density at radius 2 is 2.04 bits per heavy atom. The van der Waals surface area contributed by atoms with Crippen LogP contribution < -0.4 is 14.8 Å². The average molecular weight is 375 g/mol. The average Bonchev–Trinajstić information content (AvgIpc) is 3.29. The molecule has 3 rings (SSSR count). The van der Waals surface area contributed by atoms with Crippen LogP contribution in [-0.4, -0.2) is 19.2 Å². The topological polar surface area (TPSA) is 43.4 Å². The van der Waals surface area contributed by atoms with Crippen LogP contribution in [0.4, 0.5) is 0 Å². The Morgan fingerprint density at radius 3 is 2.68 bits per heavy atom. The third kappa shape index (κ3) is 4.60. The first-order chi connectivity index (χ1) is 12.2. The molecule has 0 saturated heterocycles. The maximum atomic E-state index is 5.49. The summed E-state index contributed by atoms with van der Waals surface area (Å²) in [6, 6.07) is 8.21. The van der Waals surface area contributed by atoms with Gasteiger partial charge < -0.3 is 14.8 Å². The van der Waals surface area contributed by atoms with Crippen molar-refractivity contribution in [2.75, 3.05) is 14.2 Å². The van der Waals surface area contributed by atoms with E-state index in [-0.39, 0.29) is 6.04 Å². The van der Waals surface area contributed by atoms with Gasteiger partial charge in [0.1, 0.15) is 16.5 Å². The molecule has 0 saturated carbocycles. The molecule has 4 nitrogen and oxygen atoms in total. The first-order valence-electron chi connectivity index (χ1n) is 8.07. The summed E-state index contributed by atoms with van der Waals surface area (Å²) in [4.78, 5) is 4.68. The fourth-order valence-corrected chi connectivity index (χ4v) is 4.23. The molecule has 0 fully saturated rings. The number of ether oxygens (including phenoxy) is 2. The number of rotatable bonds is 8. The van der Waals surface area contributed by atoms with Crippen molar-refractivity contribution in [2.45, 2.75) is 25.9 Å². The van der Waals surface area contributed by atoms with Crippen LogP contribution in [0.1, 0.15) is 27.9 Å². The molecule has 0 aliphatic carbocycles. The molecule has 0 aliphatic rings. The molecule has 1 aromatic carbocycles. The van der Waals surface area contributed by atoms with Crippen LogP contribution in [0.5, 0.6) is 11.5 Å². The minimum Gasteiger partial charge on any atom is -0.497 e. The number of methoxy groups -OCH3 is 2. The fourth-order valence-electron chi connectivity index (χ4n) is 2.68.